The molecule has 2 N–H and O–H groups in total. The van der Waals surface area contributed by atoms with Gasteiger partial charge in [0.05, 0.1) is 0 Å². The maximum absolute atomic E-state index is 12.0. The van der Waals surface area contributed by atoms with E-state index < -0.39 is 0 Å². The number of hydrogen-bond acceptors (Lipinski definition) is 2. The molecule has 0 saturated heterocycles. The Labute approximate surface area is 153 Å². The molecule has 5 heteroatoms. The van der Waals surface area contributed by atoms with Gasteiger partial charge in [-0.2, -0.15) is 5.57 Å². The molecule has 1 aliphatic rings. The van der Waals surface area contributed by atoms with E-state index in [1.54, 1.807) is 0 Å². The third-order valence-electron chi connectivity index (χ3n) is 2.52. The molecular weight excluding hydrogens is 377 g/mol. The number of phenols is 2. The number of allylic oxidation sites excluding steroid dienone is 4. The Balaban J connectivity index is 0.000000312. The van der Waals surface area contributed by atoms with Gasteiger partial charge >= 0.3 is 0 Å². The standard InChI is InChI=1S/2C6H5FO.C6H7.Zr/c2*7-5-1-3-6(8)4-2-5;1-6-4-2-3-5-6;/h2*1-4,8H;2,4H,5H2,1H3;/q;;-1;. The fourth-order valence-electron chi connectivity index (χ4n) is 1.36. The maximum atomic E-state index is 12.0. The average Bonchev–Trinajstić information content (AvgIpc) is 2.98. The van der Waals surface area contributed by atoms with Gasteiger partial charge in [0.15, 0.2) is 0 Å². The van der Waals surface area contributed by atoms with E-state index >= 15 is 0 Å². The summed E-state index contributed by atoms with van der Waals surface area (Å²) in [4.78, 5) is 0. The zero-order valence-electron chi connectivity index (χ0n) is 12.6. The van der Waals surface area contributed by atoms with Crippen molar-refractivity contribution in [3.05, 3.63) is 84.0 Å². The fraction of sp³-hybridized carbons (Fsp3) is 0.111. The predicted molar refractivity (Wildman–Crippen MR) is 82.3 cm³/mol. The summed E-state index contributed by atoms with van der Waals surface area (Å²) < 4.78 is 24.0. The predicted octanol–water partition coefficient (Wildman–Crippen LogP) is 4.76. The molecule has 3 rings (SSSR count). The number of phenolic OH excluding ortho intramolecular Hbond substituents is 2. The molecule has 0 unspecified atom stereocenters. The summed E-state index contributed by atoms with van der Waals surface area (Å²) in [6.45, 7) is 2.11. The van der Waals surface area contributed by atoms with Crippen molar-refractivity contribution < 1.29 is 45.2 Å². The van der Waals surface area contributed by atoms with Crippen LogP contribution in [0.5, 0.6) is 11.5 Å². The van der Waals surface area contributed by atoms with E-state index in [0.29, 0.717) is 0 Å². The number of rotatable bonds is 0. The van der Waals surface area contributed by atoms with Gasteiger partial charge in [-0.3, -0.25) is 6.08 Å². The van der Waals surface area contributed by atoms with Crippen LogP contribution in [0.1, 0.15) is 13.3 Å². The van der Waals surface area contributed by atoms with Crippen molar-refractivity contribution in [3.8, 4) is 11.5 Å². The first-order valence-electron chi connectivity index (χ1n) is 6.59. The maximum Gasteiger partial charge on any atom is 0.123 e. The number of halogens is 2. The molecule has 2 aromatic carbocycles. The summed E-state index contributed by atoms with van der Waals surface area (Å²) >= 11 is 0. The molecular formula is C18H17F2O2Zr-. The van der Waals surface area contributed by atoms with Gasteiger partial charge in [-0.25, -0.2) is 20.9 Å². The molecule has 0 radical (unpaired) electrons. The normalized spacial score (nSPS) is 11.2. The van der Waals surface area contributed by atoms with Crippen molar-refractivity contribution in [1.29, 1.82) is 0 Å². The Hall–Kier alpha value is -1.74. The molecule has 0 fully saturated rings. The van der Waals surface area contributed by atoms with Crippen LogP contribution in [-0.4, -0.2) is 10.2 Å². The van der Waals surface area contributed by atoms with Crippen LogP contribution in [0.2, 0.25) is 0 Å². The van der Waals surface area contributed by atoms with Gasteiger partial charge in [0.2, 0.25) is 0 Å². The van der Waals surface area contributed by atoms with Crippen molar-refractivity contribution >= 4 is 0 Å². The van der Waals surface area contributed by atoms with E-state index in [-0.39, 0.29) is 49.3 Å². The minimum Gasteiger partial charge on any atom is -0.508 e. The average molecular weight is 395 g/mol. The van der Waals surface area contributed by atoms with Crippen LogP contribution in [-0.2, 0) is 26.2 Å². The van der Waals surface area contributed by atoms with E-state index in [4.69, 9.17) is 10.2 Å². The number of benzene rings is 2. The summed E-state index contributed by atoms with van der Waals surface area (Å²) in [5.41, 5.74) is 1.41. The Morgan fingerprint density at radius 2 is 1.22 bits per heavy atom. The van der Waals surface area contributed by atoms with Crippen molar-refractivity contribution in [2.24, 2.45) is 0 Å². The molecule has 2 aromatic rings. The largest absolute Gasteiger partial charge is 0.508 e. The van der Waals surface area contributed by atoms with Gasteiger partial charge < -0.3 is 10.2 Å². The first kappa shape index (κ1) is 21.3. The molecule has 2 nitrogen and oxygen atoms in total. The molecule has 0 spiro atoms. The number of aromatic hydroxyl groups is 2. The fourth-order valence-corrected chi connectivity index (χ4v) is 1.36. The second kappa shape index (κ2) is 11.8. The molecule has 0 heterocycles. The quantitative estimate of drug-likeness (QED) is 0.633. The van der Waals surface area contributed by atoms with Gasteiger partial charge in [-0.1, -0.05) is 6.92 Å². The van der Waals surface area contributed by atoms with E-state index in [1.165, 1.54) is 54.1 Å². The molecule has 0 amide bonds. The summed E-state index contributed by atoms with van der Waals surface area (Å²) in [7, 11) is 0. The summed E-state index contributed by atoms with van der Waals surface area (Å²) in [5.74, 6) is -0.483. The summed E-state index contributed by atoms with van der Waals surface area (Å²) in [6.07, 6.45) is 8.15. The van der Waals surface area contributed by atoms with Gasteiger partial charge in [-0.15, -0.1) is 6.42 Å². The Morgan fingerprint density at radius 3 is 1.39 bits per heavy atom. The van der Waals surface area contributed by atoms with Crippen LogP contribution in [0.15, 0.2) is 66.3 Å². The van der Waals surface area contributed by atoms with E-state index in [2.05, 4.69) is 19.1 Å². The summed E-state index contributed by atoms with van der Waals surface area (Å²) in [6, 6.07) is 10.0. The number of hydrogen-bond donors (Lipinski definition) is 2. The zero-order chi connectivity index (χ0) is 16.4. The summed E-state index contributed by atoms with van der Waals surface area (Å²) in [5, 5.41) is 17.2. The third-order valence-corrected chi connectivity index (χ3v) is 2.52. The van der Waals surface area contributed by atoms with Gasteiger partial charge in [0, 0.05) is 26.2 Å². The van der Waals surface area contributed by atoms with Crippen LogP contribution in [0, 0.1) is 17.7 Å². The van der Waals surface area contributed by atoms with Crippen LogP contribution in [0.3, 0.4) is 0 Å². The van der Waals surface area contributed by atoms with Crippen molar-refractivity contribution in [2.45, 2.75) is 13.3 Å². The van der Waals surface area contributed by atoms with Crippen molar-refractivity contribution in [1.82, 2.24) is 0 Å². The van der Waals surface area contributed by atoms with Crippen LogP contribution >= 0.6 is 0 Å². The Bertz CT molecular complexity index is 535. The van der Waals surface area contributed by atoms with Crippen LogP contribution in [0.25, 0.3) is 0 Å². The smallest absolute Gasteiger partial charge is 0.123 e. The van der Waals surface area contributed by atoms with Crippen LogP contribution < -0.4 is 0 Å². The van der Waals surface area contributed by atoms with Gasteiger partial charge in [-0.05, 0) is 48.5 Å². The molecule has 1 aliphatic carbocycles. The van der Waals surface area contributed by atoms with E-state index in [0.717, 1.165) is 6.42 Å². The molecule has 120 valence electrons. The first-order chi connectivity index (χ1) is 10.5. The second-order valence-electron chi connectivity index (χ2n) is 4.51. The minimum atomic E-state index is -0.331. The van der Waals surface area contributed by atoms with E-state index in [1.807, 2.05) is 6.08 Å². The Kier molecular flexibility index (Phi) is 10.9. The van der Waals surface area contributed by atoms with E-state index in [9.17, 15) is 8.78 Å². The van der Waals surface area contributed by atoms with Gasteiger partial charge in [0.1, 0.15) is 23.1 Å². The third kappa shape index (κ3) is 10.6. The molecule has 0 saturated carbocycles. The molecule has 0 bridgehead atoms. The first-order valence-corrected chi connectivity index (χ1v) is 6.59. The van der Waals surface area contributed by atoms with Gasteiger partial charge in [0.25, 0.3) is 0 Å². The molecule has 0 atom stereocenters. The SMILES string of the molecule is CC1=CC=[C-]C1.Oc1ccc(F)cc1.Oc1ccc(F)cc1.[Zr]. The second-order valence-corrected chi connectivity index (χ2v) is 4.51. The monoisotopic (exact) mass is 393 g/mol. The van der Waals surface area contributed by atoms with Crippen molar-refractivity contribution in [2.75, 3.05) is 0 Å². The topological polar surface area (TPSA) is 40.5 Å². The van der Waals surface area contributed by atoms with Crippen molar-refractivity contribution in [3.63, 3.8) is 0 Å². The Morgan fingerprint density at radius 1 is 0.826 bits per heavy atom. The molecule has 0 aliphatic heterocycles. The van der Waals surface area contributed by atoms with Crippen LogP contribution in [0.4, 0.5) is 8.78 Å². The zero-order valence-corrected chi connectivity index (χ0v) is 15.1. The molecule has 0 aromatic heterocycles. The molecule has 23 heavy (non-hydrogen) atoms. The minimum absolute atomic E-state index is 0.